The standard InChI is InChI=1S/C27H29N3O5/c1-3-17-35-22-11-7-20(8-12-22)25(31)23-24(19-5-9-21(34-2)10-6-19)30(27(33)26(23)32)15-4-14-29-16-13-28-18-29/h5-13,16,18,24,31H,3-4,14-15,17H2,1-2H3/b25-23+/t24-/m1/s1. The summed E-state index contributed by atoms with van der Waals surface area (Å²) in [4.78, 5) is 31.8. The Morgan fingerprint density at radius 2 is 1.74 bits per heavy atom. The Kier molecular flexibility index (Phi) is 7.50. The van der Waals surface area contributed by atoms with E-state index in [1.807, 2.05) is 29.8 Å². The highest BCUT2D eigenvalue weighted by Gasteiger charge is 2.45. The largest absolute Gasteiger partial charge is 0.507 e. The number of ketones is 1. The summed E-state index contributed by atoms with van der Waals surface area (Å²) < 4.78 is 12.8. The summed E-state index contributed by atoms with van der Waals surface area (Å²) in [6, 6.07) is 13.3. The number of carbonyl (C=O) groups is 2. The Hall–Kier alpha value is -4.07. The minimum Gasteiger partial charge on any atom is -0.507 e. The van der Waals surface area contributed by atoms with Crippen molar-refractivity contribution in [2.45, 2.75) is 32.4 Å². The zero-order valence-corrected chi connectivity index (χ0v) is 19.9. The van der Waals surface area contributed by atoms with Crippen molar-refractivity contribution in [2.24, 2.45) is 0 Å². The van der Waals surface area contributed by atoms with Crippen LogP contribution in [0.3, 0.4) is 0 Å². The number of hydrogen-bond donors (Lipinski definition) is 1. The number of Topliss-reactive ketones (excluding diaryl/α,β-unsaturated/α-hetero) is 1. The van der Waals surface area contributed by atoms with E-state index in [4.69, 9.17) is 9.47 Å². The molecular weight excluding hydrogens is 446 g/mol. The molecule has 2 aromatic carbocycles. The van der Waals surface area contributed by atoms with Crippen LogP contribution in [0, 0.1) is 0 Å². The summed E-state index contributed by atoms with van der Waals surface area (Å²) >= 11 is 0. The van der Waals surface area contributed by atoms with Gasteiger partial charge in [0, 0.05) is 31.0 Å². The molecule has 0 bridgehead atoms. The van der Waals surface area contributed by atoms with Crippen molar-refractivity contribution in [3.63, 3.8) is 0 Å². The van der Waals surface area contributed by atoms with Gasteiger partial charge in [-0.3, -0.25) is 9.59 Å². The number of amides is 1. The van der Waals surface area contributed by atoms with Gasteiger partial charge >= 0.3 is 0 Å². The summed E-state index contributed by atoms with van der Waals surface area (Å²) in [5.41, 5.74) is 1.24. The predicted octanol–water partition coefficient (Wildman–Crippen LogP) is 4.19. The molecule has 182 valence electrons. The van der Waals surface area contributed by atoms with Crippen LogP contribution in [0.25, 0.3) is 5.76 Å². The second kappa shape index (κ2) is 10.9. The van der Waals surface area contributed by atoms with Crippen LogP contribution in [0.1, 0.15) is 36.9 Å². The summed E-state index contributed by atoms with van der Waals surface area (Å²) in [6.45, 7) is 3.61. The van der Waals surface area contributed by atoms with Crippen molar-refractivity contribution < 1.29 is 24.2 Å². The Morgan fingerprint density at radius 3 is 2.37 bits per heavy atom. The summed E-state index contributed by atoms with van der Waals surface area (Å²) in [5, 5.41) is 11.2. The number of carbonyl (C=O) groups excluding carboxylic acids is 2. The molecule has 8 heteroatoms. The number of aryl methyl sites for hydroxylation is 1. The normalized spacial score (nSPS) is 17.1. The number of nitrogens with zero attached hydrogens (tertiary/aromatic N) is 3. The molecule has 1 N–H and O–H groups in total. The van der Waals surface area contributed by atoms with Gasteiger partial charge in [0.2, 0.25) is 0 Å². The van der Waals surface area contributed by atoms with Crippen LogP contribution >= 0.6 is 0 Å². The molecule has 0 saturated carbocycles. The second-order valence-corrected chi connectivity index (χ2v) is 8.29. The molecule has 3 aromatic rings. The first-order valence-electron chi connectivity index (χ1n) is 11.6. The summed E-state index contributed by atoms with van der Waals surface area (Å²) in [7, 11) is 1.57. The summed E-state index contributed by atoms with van der Waals surface area (Å²) in [5.74, 6) is -0.190. The Bertz CT molecular complexity index is 1180. The fourth-order valence-corrected chi connectivity index (χ4v) is 4.17. The molecule has 1 aliphatic rings. The summed E-state index contributed by atoms with van der Waals surface area (Å²) in [6.07, 6.45) is 6.77. The molecule has 8 nitrogen and oxygen atoms in total. The van der Waals surface area contributed by atoms with Gasteiger partial charge in [-0.2, -0.15) is 0 Å². The van der Waals surface area contributed by atoms with Crippen LogP contribution in [0.15, 0.2) is 72.8 Å². The van der Waals surface area contributed by atoms with E-state index in [2.05, 4.69) is 4.98 Å². The zero-order valence-electron chi connectivity index (χ0n) is 19.9. The third-order valence-electron chi connectivity index (χ3n) is 5.95. The van der Waals surface area contributed by atoms with Gasteiger partial charge in [0.1, 0.15) is 17.3 Å². The van der Waals surface area contributed by atoms with E-state index in [-0.39, 0.29) is 11.3 Å². The maximum Gasteiger partial charge on any atom is 0.295 e. The van der Waals surface area contributed by atoms with Crippen molar-refractivity contribution in [1.29, 1.82) is 0 Å². The number of ether oxygens (including phenoxy) is 2. The molecule has 0 unspecified atom stereocenters. The Labute approximate surface area is 204 Å². The van der Waals surface area contributed by atoms with Gasteiger partial charge in [-0.1, -0.05) is 19.1 Å². The fraction of sp³-hybridized carbons (Fsp3) is 0.296. The minimum atomic E-state index is -0.709. The third kappa shape index (κ3) is 5.21. The lowest BCUT2D eigenvalue weighted by atomic mass is 9.95. The zero-order chi connectivity index (χ0) is 24.8. The molecule has 4 rings (SSSR count). The second-order valence-electron chi connectivity index (χ2n) is 8.29. The number of aliphatic hydroxyl groups is 1. The van der Waals surface area contributed by atoms with Gasteiger partial charge in [-0.25, -0.2) is 4.98 Å². The molecule has 1 amide bonds. The topological polar surface area (TPSA) is 93.9 Å². The van der Waals surface area contributed by atoms with E-state index < -0.39 is 17.7 Å². The molecule has 0 spiro atoms. The quantitative estimate of drug-likeness (QED) is 0.268. The number of rotatable bonds is 10. The van der Waals surface area contributed by atoms with E-state index in [0.717, 1.165) is 12.0 Å². The maximum atomic E-state index is 13.2. The number of methoxy groups -OCH3 is 1. The number of hydrogen-bond acceptors (Lipinski definition) is 6. The Morgan fingerprint density at radius 1 is 1.03 bits per heavy atom. The SMILES string of the molecule is CCCOc1ccc(/C(O)=C2\C(=O)C(=O)N(CCCn3ccnc3)[C@@H]2c2ccc(OC)cc2)cc1. The first kappa shape index (κ1) is 24.1. The van der Waals surface area contributed by atoms with Gasteiger partial charge in [0.25, 0.3) is 11.7 Å². The highest BCUT2D eigenvalue weighted by molar-refractivity contribution is 6.46. The first-order chi connectivity index (χ1) is 17.0. The smallest absolute Gasteiger partial charge is 0.295 e. The molecule has 1 saturated heterocycles. The van der Waals surface area contributed by atoms with Crippen molar-refractivity contribution in [3.8, 4) is 11.5 Å². The van der Waals surface area contributed by atoms with Gasteiger partial charge < -0.3 is 24.0 Å². The number of aromatic nitrogens is 2. The van der Waals surface area contributed by atoms with Crippen molar-refractivity contribution in [2.75, 3.05) is 20.3 Å². The van der Waals surface area contributed by atoms with Crippen LogP contribution in [-0.4, -0.2) is 51.5 Å². The lowest BCUT2D eigenvalue weighted by Gasteiger charge is -2.25. The highest BCUT2D eigenvalue weighted by Crippen LogP contribution is 2.40. The maximum absolute atomic E-state index is 13.2. The molecule has 1 aromatic heterocycles. The average molecular weight is 476 g/mol. The number of imidazole rings is 1. The van der Waals surface area contributed by atoms with Gasteiger partial charge in [0.15, 0.2) is 0 Å². The van der Waals surface area contributed by atoms with Crippen LogP contribution in [-0.2, 0) is 16.1 Å². The van der Waals surface area contributed by atoms with Crippen molar-refractivity contribution >= 4 is 17.4 Å². The van der Waals surface area contributed by atoms with E-state index >= 15 is 0 Å². The molecule has 35 heavy (non-hydrogen) atoms. The van der Waals surface area contributed by atoms with E-state index in [1.165, 1.54) is 4.90 Å². The number of likely N-dealkylation sites (tertiary alicyclic amines) is 1. The molecule has 2 heterocycles. The van der Waals surface area contributed by atoms with Crippen LogP contribution in [0.5, 0.6) is 11.5 Å². The third-order valence-corrected chi connectivity index (χ3v) is 5.95. The number of benzene rings is 2. The van der Waals surface area contributed by atoms with Crippen LogP contribution < -0.4 is 9.47 Å². The average Bonchev–Trinajstić information content (AvgIpc) is 3.50. The predicted molar refractivity (Wildman–Crippen MR) is 131 cm³/mol. The van der Waals surface area contributed by atoms with Crippen LogP contribution in [0.2, 0.25) is 0 Å². The molecule has 1 fully saturated rings. The van der Waals surface area contributed by atoms with Gasteiger partial charge in [-0.05, 0) is 54.8 Å². The fourth-order valence-electron chi connectivity index (χ4n) is 4.17. The van der Waals surface area contributed by atoms with Gasteiger partial charge in [-0.15, -0.1) is 0 Å². The molecule has 1 aliphatic heterocycles. The van der Waals surface area contributed by atoms with E-state index in [1.54, 1.807) is 56.0 Å². The lowest BCUT2D eigenvalue weighted by molar-refractivity contribution is -0.139. The lowest BCUT2D eigenvalue weighted by Crippen LogP contribution is -2.31. The van der Waals surface area contributed by atoms with Crippen molar-refractivity contribution in [3.05, 3.63) is 84.0 Å². The van der Waals surface area contributed by atoms with E-state index in [0.29, 0.717) is 43.2 Å². The van der Waals surface area contributed by atoms with Crippen molar-refractivity contribution in [1.82, 2.24) is 14.5 Å². The van der Waals surface area contributed by atoms with Crippen LogP contribution in [0.4, 0.5) is 0 Å². The minimum absolute atomic E-state index is 0.0741. The highest BCUT2D eigenvalue weighted by atomic mass is 16.5. The molecule has 0 aliphatic carbocycles. The molecule has 0 radical (unpaired) electrons. The number of aliphatic hydroxyl groups excluding tert-OH is 1. The monoisotopic (exact) mass is 475 g/mol. The first-order valence-corrected chi connectivity index (χ1v) is 11.6. The van der Waals surface area contributed by atoms with E-state index in [9.17, 15) is 14.7 Å². The molecular formula is C27H29N3O5. The van der Waals surface area contributed by atoms with Gasteiger partial charge in [0.05, 0.1) is 31.7 Å². The Balaban J connectivity index is 1.68. The molecule has 1 atom stereocenters.